The molecule has 14 nitrogen and oxygen atoms in total. The predicted molar refractivity (Wildman–Crippen MR) is 143 cm³/mol. The number of ether oxygens (including phenoxy) is 4. The first-order valence-electron chi connectivity index (χ1n) is 12.8. The molecule has 222 valence electrons. The van der Waals surface area contributed by atoms with Gasteiger partial charge in [-0.05, 0) is 25.7 Å². The molecule has 0 amide bonds. The van der Waals surface area contributed by atoms with Crippen molar-refractivity contribution in [2.24, 2.45) is 11.8 Å². The molecule has 0 radical (unpaired) electrons. The lowest BCUT2D eigenvalue weighted by Crippen LogP contribution is -2.43. The molecular formula is C24H37FN7O7P. The number of carbonyl (C=O) groups is 2. The molecule has 2 aromatic heterocycles. The van der Waals surface area contributed by atoms with Crippen LogP contribution in [0.4, 0.5) is 10.2 Å². The molecule has 0 saturated carbocycles. The topological polar surface area (TPSA) is 182 Å². The molecule has 0 bridgehead atoms. The molecule has 1 aliphatic rings. The van der Waals surface area contributed by atoms with E-state index in [9.17, 15) is 18.5 Å². The quantitative estimate of drug-likeness (QED) is 0.218. The highest BCUT2D eigenvalue weighted by Crippen LogP contribution is 2.40. The molecular weight excluding hydrogens is 548 g/mol. The van der Waals surface area contributed by atoms with E-state index in [0.717, 1.165) is 6.08 Å². The summed E-state index contributed by atoms with van der Waals surface area (Å²) in [4.78, 5) is 37.0. The summed E-state index contributed by atoms with van der Waals surface area (Å²) in [6.45, 7) is 10.8. The van der Waals surface area contributed by atoms with Gasteiger partial charge in [-0.3, -0.25) is 18.7 Å². The number of imidazole rings is 1. The van der Waals surface area contributed by atoms with Crippen LogP contribution in [0.5, 0.6) is 0 Å². The van der Waals surface area contributed by atoms with Crippen LogP contribution in [0.1, 0.15) is 47.8 Å². The highest BCUT2D eigenvalue weighted by Gasteiger charge is 2.36. The summed E-state index contributed by atoms with van der Waals surface area (Å²) in [5, 5.41) is 5.39. The van der Waals surface area contributed by atoms with Crippen molar-refractivity contribution in [3.05, 3.63) is 24.6 Å². The summed E-state index contributed by atoms with van der Waals surface area (Å²) in [5.41, 5.74) is 6.33. The van der Waals surface area contributed by atoms with E-state index in [-0.39, 0.29) is 42.0 Å². The van der Waals surface area contributed by atoms with E-state index in [0.29, 0.717) is 0 Å². The molecule has 40 heavy (non-hydrogen) atoms. The monoisotopic (exact) mass is 585 g/mol. The van der Waals surface area contributed by atoms with Gasteiger partial charge in [0.25, 0.3) is 0 Å². The van der Waals surface area contributed by atoms with Crippen molar-refractivity contribution >= 4 is 36.4 Å². The van der Waals surface area contributed by atoms with Crippen LogP contribution >= 0.6 is 7.44 Å². The smallest absolute Gasteiger partial charge is 0.323 e. The van der Waals surface area contributed by atoms with Crippen molar-refractivity contribution < 1.29 is 37.5 Å². The van der Waals surface area contributed by atoms with Crippen LogP contribution in [0, 0.1) is 11.8 Å². The molecule has 3 heterocycles. The second kappa shape index (κ2) is 13.6. The minimum Gasteiger partial charge on any atom is -0.464 e. The largest absolute Gasteiger partial charge is 0.464 e. The van der Waals surface area contributed by atoms with Gasteiger partial charge in [0.05, 0.1) is 19.5 Å². The molecule has 4 atom stereocenters. The number of hydrogen-bond acceptors (Lipinski definition) is 11. The maximum absolute atomic E-state index is 14.9. The first kappa shape index (κ1) is 31.6. The van der Waals surface area contributed by atoms with Crippen LogP contribution in [0.15, 0.2) is 24.6 Å². The third-order valence-corrected chi connectivity index (χ3v) is 7.61. The van der Waals surface area contributed by atoms with Crippen LogP contribution in [0.2, 0.25) is 0 Å². The van der Waals surface area contributed by atoms with Crippen LogP contribution in [0.25, 0.3) is 11.2 Å². The zero-order valence-corrected chi connectivity index (χ0v) is 24.3. The fourth-order valence-electron chi connectivity index (χ4n) is 3.54. The summed E-state index contributed by atoms with van der Waals surface area (Å²) in [6.07, 6.45) is 0.488. The van der Waals surface area contributed by atoms with Crippen LogP contribution in [0.3, 0.4) is 0 Å². The maximum Gasteiger partial charge on any atom is 0.323 e. The second-order valence-corrected chi connectivity index (χ2v) is 12.5. The number of halogens is 1. The van der Waals surface area contributed by atoms with Crippen molar-refractivity contribution in [3.8, 4) is 0 Å². The van der Waals surface area contributed by atoms with Gasteiger partial charge in [-0.25, -0.2) is 29.5 Å². The Labute approximate surface area is 231 Å². The number of nitrogen functional groups attached to an aromatic ring is 1. The van der Waals surface area contributed by atoms with Gasteiger partial charge >= 0.3 is 11.9 Å². The predicted octanol–water partition coefficient (Wildman–Crippen LogP) is 2.64. The second-order valence-electron chi connectivity index (χ2n) is 10.3. The van der Waals surface area contributed by atoms with Gasteiger partial charge in [0, 0.05) is 6.08 Å². The lowest BCUT2D eigenvalue weighted by Gasteiger charge is -2.27. The highest BCUT2D eigenvalue weighted by molar-refractivity contribution is 7.59. The van der Waals surface area contributed by atoms with Crippen molar-refractivity contribution in [3.63, 3.8) is 0 Å². The minimum atomic E-state index is -3.84. The number of carbonyl (C=O) groups excluding carboxylic acids is 2. The van der Waals surface area contributed by atoms with Gasteiger partial charge in [0.1, 0.15) is 30.3 Å². The SMILES string of the molecule is CC(C)COC(=O)C(C)NP(=O)(CO[C@@H]1C=C(F)[C@H](n2cnc3c(N)ncnc32)O1)NC(C)C(=O)OCC(C)C. The third-order valence-electron chi connectivity index (χ3n) is 5.48. The van der Waals surface area contributed by atoms with Crippen molar-refractivity contribution in [2.75, 3.05) is 25.3 Å². The first-order chi connectivity index (χ1) is 18.8. The zero-order valence-electron chi connectivity index (χ0n) is 23.4. The zero-order chi connectivity index (χ0) is 29.6. The Morgan fingerprint density at radius 3 is 2.17 bits per heavy atom. The van der Waals surface area contributed by atoms with Crippen LogP contribution in [-0.4, -0.2) is 69.4 Å². The third kappa shape index (κ3) is 8.27. The van der Waals surface area contributed by atoms with E-state index in [1.807, 2.05) is 27.7 Å². The molecule has 4 N–H and O–H groups in total. The Hall–Kier alpha value is -2.97. The van der Waals surface area contributed by atoms with Gasteiger partial charge in [-0.1, -0.05) is 27.7 Å². The van der Waals surface area contributed by atoms with Gasteiger partial charge < -0.3 is 24.7 Å². The number of rotatable bonds is 14. The molecule has 0 fully saturated rings. The van der Waals surface area contributed by atoms with Crippen molar-refractivity contribution in [2.45, 2.75) is 66.1 Å². The Morgan fingerprint density at radius 1 is 1.05 bits per heavy atom. The summed E-state index contributed by atoms with van der Waals surface area (Å²) in [5.74, 6) is -1.65. The number of aromatic nitrogens is 4. The standard InChI is InChI=1S/C24H37FN7O7P/c1-13(2)8-36-23(33)15(5)30-40(35,31-16(6)24(34)37-9-14(3)4)12-38-18-7-17(25)22(39-18)32-11-29-19-20(26)27-10-28-21(19)32/h7,10-11,13-16,18,22H,8-9,12H2,1-6H3,(H2,26,27,28)(H2,30,31,35)/t15?,16?,18-,22+,40?/m0/s1. The van der Waals surface area contributed by atoms with E-state index >= 15 is 0 Å². The maximum atomic E-state index is 14.9. The summed E-state index contributed by atoms with van der Waals surface area (Å²) < 4.78 is 51.9. The van der Waals surface area contributed by atoms with E-state index in [1.54, 1.807) is 0 Å². The molecule has 2 aromatic rings. The molecule has 0 aromatic carbocycles. The number of anilines is 1. The van der Waals surface area contributed by atoms with E-state index in [4.69, 9.17) is 24.7 Å². The Morgan fingerprint density at radius 2 is 1.62 bits per heavy atom. The lowest BCUT2D eigenvalue weighted by atomic mass is 10.2. The molecule has 0 spiro atoms. The summed E-state index contributed by atoms with van der Waals surface area (Å²) >= 11 is 0. The number of nitrogens with zero attached hydrogens (tertiary/aromatic N) is 4. The van der Waals surface area contributed by atoms with Gasteiger partial charge in [-0.15, -0.1) is 0 Å². The summed E-state index contributed by atoms with van der Waals surface area (Å²) in [6, 6.07) is -2.04. The minimum absolute atomic E-state index is 0.102. The first-order valence-corrected chi connectivity index (χ1v) is 14.7. The Kier molecular flexibility index (Phi) is 10.7. The number of esters is 2. The van der Waals surface area contributed by atoms with E-state index in [1.165, 1.54) is 31.1 Å². The van der Waals surface area contributed by atoms with E-state index in [2.05, 4.69) is 25.1 Å². The molecule has 0 saturated heterocycles. The Balaban J connectivity index is 1.71. The van der Waals surface area contributed by atoms with E-state index < -0.39 is 56.2 Å². The molecule has 3 rings (SSSR count). The molecule has 0 aliphatic carbocycles. The molecule has 16 heteroatoms. The number of nitrogens with two attached hydrogens (primary N) is 1. The lowest BCUT2D eigenvalue weighted by molar-refractivity contribution is -0.146. The van der Waals surface area contributed by atoms with Gasteiger partial charge in [0.15, 0.2) is 29.8 Å². The van der Waals surface area contributed by atoms with Crippen molar-refractivity contribution in [1.82, 2.24) is 29.7 Å². The summed E-state index contributed by atoms with van der Waals surface area (Å²) in [7, 11) is -3.84. The number of hydrogen-bond donors (Lipinski definition) is 3. The fraction of sp³-hybridized carbons (Fsp3) is 0.625. The number of nitrogens with one attached hydrogen (secondary N) is 2. The normalized spacial score (nSPS) is 20.4. The molecule has 2 unspecified atom stereocenters. The van der Waals surface area contributed by atoms with Crippen LogP contribution < -0.4 is 15.9 Å². The van der Waals surface area contributed by atoms with Crippen LogP contribution in [-0.2, 0) is 33.1 Å². The van der Waals surface area contributed by atoms with Gasteiger partial charge in [0.2, 0.25) is 7.44 Å². The van der Waals surface area contributed by atoms with Gasteiger partial charge in [-0.2, -0.15) is 0 Å². The molecule has 1 aliphatic heterocycles. The average Bonchev–Trinajstić information content (AvgIpc) is 3.48. The fourth-order valence-corrected chi connectivity index (χ4v) is 5.58. The average molecular weight is 586 g/mol. The van der Waals surface area contributed by atoms with Crippen molar-refractivity contribution in [1.29, 1.82) is 0 Å². The highest BCUT2D eigenvalue weighted by atomic mass is 31.2. The number of fused-ring (bicyclic) bond motifs is 1. The Bertz CT molecular complexity index is 1240.